The quantitative estimate of drug-likeness (QED) is 0.390. The summed E-state index contributed by atoms with van der Waals surface area (Å²) in [6.07, 6.45) is 14.7. The number of piperidine rings is 1. The molecule has 9 atom stereocenters. The largest absolute Gasteiger partial charge is 0.335 e. The van der Waals surface area contributed by atoms with Crippen molar-refractivity contribution >= 4 is 18.4 Å². The molecule has 214 valence electrons. The number of halogens is 1. The van der Waals surface area contributed by atoms with E-state index < -0.39 is 0 Å². The summed E-state index contributed by atoms with van der Waals surface area (Å²) < 4.78 is 0. The van der Waals surface area contributed by atoms with Gasteiger partial charge in [-0.3, -0.25) is 0 Å². The number of nitrogens with zero attached hydrogens (tertiary/aromatic N) is 4. The molecule has 39 heavy (non-hydrogen) atoms. The molecule has 0 radical (unpaired) electrons. The molecule has 1 unspecified atom stereocenters. The molecule has 5 nitrogen and oxygen atoms in total. The maximum atomic E-state index is 9.22. The summed E-state index contributed by atoms with van der Waals surface area (Å²) >= 11 is 0. The van der Waals surface area contributed by atoms with Crippen LogP contribution in [0.3, 0.4) is 0 Å². The van der Waals surface area contributed by atoms with Gasteiger partial charge in [0.15, 0.2) is 0 Å². The first kappa shape index (κ1) is 28.9. The maximum absolute atomic E-state index is 9.22. The van der Waals surface area contributed by atoms with Gasteiger partial charge in [0.05, 0.1) is 18.0 Å². The van der Waals surface area contributed by atoms with E-state index in [-0.39, 0.29) is 23.5 Å². The average molecular weight is 552 g/mol. The number of hydrogen-bond donors (Lipinski definition) is 1. The van der Waals surface area contributed by atoms with Gasteiger partial charge in [-0.15, -0.1) is 12.4 Å². The van der Waals surface area contributed by atoms with Crippen LogP contribution in [0, 0.1) is 57.2 Å². The first-order valence-corrected chi connectivity index (χ1v) is 15.3. The first-order chi connectivity index (χ1) is 17.8. The fraction of sp³-hybridized carbons (Fsp3) is 0.788. The standard InChI is InChI=1S/C33H49N5.ClH/c1-21(2)23-10-13-33(35)15-14-31(6)24(27(23)33)8-9-26-30(5)16-17-38(28-36-19-22(18-34)20-37-28)29(3,4)25(30)11-12-32(26,31)7;/h19-20,23-27H,1,8-17,35H2,2-7H3;1H/t23-,24?,25-,26+,27+,30-,31+,32+,33-;/m0./s1. The number of aromatic nitrogens is 2. The molecule has 6 rings (SSSR count). The number of nitriles is 1. The van der Waals surface area contributed by atoms with E-state index in [0.717, 1.165) is 18.4 Å². The molecule has 0 spiro atoms. The van der Waals surface area contributed by atoms with Crippen molar-refractivity contribution in [2.24, 2.45) is 51.6 Å². The van der Waals surface area contributed by atoms with Crippen LogP contribution in [0.15, 0.2) is 24.5 Å². The molecule has 0 aromatic carbocycles. The van der Waals surface area contributed by atoms with Crippen LogP contribution in [0.5, 0.6) is 0 Å². The minimum atomic E-state index is -0.0320. The van der Waals surface area contributed by atoms with Crippen molar-refractivity contribution in [2.45, 2.75) is 110 Å². The monoisotopic (exact) mass is 551 g/mol. The van der Waals surface area contributed by atoms with Crippen LogP contribution in [0.25, 0.3) is 0 Å². The third-order valence-corrected chi connectivity index (χ3v) is 13.8. The van der Waals surface area contributed by atoms with Gasteiger partial charge >= 0.3 is 0 Å². The Morgan fingerprint density at radius 1 is 0.949 bits per heavy atom. The van der Waals surface area contributed by atoms with E-state index in [1.165, 1.54) is 63.4 Å². The SMILES string of the molecule is C=C(C)[C@@H]1CC[C@]2(N)CC[C@]3(C)C(CC[C@@H]4[C@@]5(C)CCN(c6ncc(C#N)cn6)C(C)(C)[C@@H]5CC[C@]43C)[C@@H]12.Cl. The number of fused-ring (bicyclic) bond motifs is 7. The zero-order chi connectivity index (χ0) is 27.3. The van der Waals surface area contributed by atoms with E-state index in [2.05, 4.69) is 69.1 Å². The lowest BCUT2D eigenvalue weighted by Crippen LogP contribution is -2.70. The van der Waals surface area contributed by atoms with E-state index in [4.69, 9.17) is 5.73 Å². The average Bonchev–Trinajstić information content (AvgIpc) is 3.22. The molecule has 1 saturated heterocycles. The molecule has 4 aliphatic carbocycles. The molecule has 6 heteroatoms. The van der Waals surface area contributed by atoms with E-state index in [1.807, 2.05) is 0 Å². The fourth-order valence-electron chi connectivity index (χ4n) is 11.8. The van der Waals surface area contributed by atoms with Gasteiger partial charge in [-0.2, -0.15) is 5.26 Å². The molecule has 1 aromatic rings. The second-order valence-corrected chi connectivity index (χ2v) is 15.4. The Kier molecular flexibility index (Phi) is 6.80. The van der Waals surface area contributed by atoms with Crippen molar-refractivity contribution in [3.8, 4) is 6.07 Å². The van der Waals surface area contributed by atoms with E-state index in [0.29, 0.717) is 45.5 Å². The highest BCUT2D eigenvalue weighted by atomic mass is 35.5. The number of rotatable bonds is 2. The van der Waals surface area contributed by atoms with Crippen LogP contribution in [0.2, 0.25) is 0 Å². The van der Waals surface area contributed by atoms with E-state index in [9.17, 15) is 5.26 Å². The Hall–Kier alpha value is -1.64. The van der Waals surface area contributed by atoms with Crippen LogP contribution in [0.1, 0.15) is 105 Å². The fourth-order valence-corrected chi connectivity index (χ4v) is 11.8. The van der Waals surface area contributed by atoms with Gasteiger partial charge in [-0.1, -0.05) is 32.9 Å². The molecule has 2 N–H and O–H groups in total. The molecular weight excluding hydrogens is 502 g/mol. The second-order valence-electron chi connectivity index (χ2n) is 15.4. The van der Waals surface area contributed by atoms with Gasteiger partial charge in [-0.05, 0) is 124 Å². The van der Waals surface area contributed by atoms with E-state index >= 15 is 0 Å². The Morgan fingerprint density at radius 2 is 1.64 bits per heavy atom. The molecule has 0 bridgehead atoms. The molecule has 0 amide bonds. The summed E-state index contributed by atoms with van der Waals surface area (Å²) in [4.78, 5) is 11.7. The lowest BCUT2D eigenvalue weighted by molar-refractivity contribution is -0.220. The Labute approximate surface area is 242 Å². The summed E-state index contributed by atoms with van der Waals surface area (Å²) in [6.45, 7) is 20.6. The highest BCUT2D eigenvalue weighted by molar-refractivity contribution is 5.85. The van der Waals surface area contributed by atoms with Crippen LogP contribution >= 0.6 is 12.4 Å². The van der Waals surface area contributed by atoms with E-state index in [1.54, 1.807) is 12.4 Å². The van der Waals surface area contributed by atoms with Gasteiger partial charge < -0.3 is 10.6 Å². The Morgan fingerprint density at radius 3 is 2.28 bits per heavy atom. The topological polar surface area (TPSA) is 78.8 Å². The highest BCUT2D eigenvalue weighted by Gasteiger charge is 2.70. The van der Waals surface area contributed by atoms with Gasteiger partial charge in [0.25, 0.3) is 0 Å². The Balaban J connectivity index is 0.00000308. The van der Waals surface area contributed by atoms with Gasteiger partial charge in [0.2, 0.25) is 5.95 Å². The van der Waals surface area contributed by atoms with Crippen molar-refractivity contribution in [2.75, 3.05) is 11.4 Å². The Bertz CT molecular complexity index is 1170. The summed E-state index contributed by atoms with van der Waals surface area (Å²) in [6, 6.07) is 2.16. The smallest absolute Gasteiger partial charge is 0.225 e. The van der Waals surface area contributed by atoms with Crippen molar-refractivity contribution in [3.63, 3.8) is 0 Å². The minimum Gasteiger partial charge on any atom is -0.335 e. The molecule has 1 aromatic heterocycles. The third-order valence-electron chi connectivity index (χ3n) is 13.8. The van der Waals surface area contributed by atoms with Gasteiger partial charge in [0, 0.05) is 17.6 Å². The third kappa shape index (κ3) is 3.72. The summed E-state index contributed by atoms with van der Waals surface area (Å²) in [5.74, 6) is 4.02. The number of allylic oxidation sites excluding steroid dienone is 1. The van der Waals surface area contributed by atoms with Crippen LogP contribution in [-0.2, 0) is 0 Å². The predicted octanol–water partition coefficient (Wildman–Crippen LogP) is 7.31. The molecule has 5 aliphatic rings. The van der Waals surface area contributed by atoms with Gasteiger partial charge in [0.1, 0.15) is 6.07 Å². The number of nitrogens with two attached hydrogens (primary N) is 1. The summed E-state index contributed by atoms with van der Waals surface area (Å²) in [7, 11) is 0. The first-order valence-electron chi connectivity index (χ1n) is 15.3. The number of anilines is 1. The lowest BCUT2D eigenvalue weighted by Gasteiger charge is -2.73. The number of hydrogen-bond acceptors (Lipinski definition) is 5. The lowest BCUT2D eigenvalue weighted by atomic mass is 9.33. The van der Waals surface area contributed by atoms with Crippen LogP contribution < -0.4 is 10.6 Å². The maximum Gasteiger partial charge on any atom is 0.225 e. The van der Waals surface area contributed by atoms with Gasteiger partial charge in [-0.25, -0.2) is 9.97 Å². The van der Waals surface area contributed by atoms with Crippen molar-refractivity contribution < 1.29 is 0 Å². The molecule has 5 fully saturated rings. The highest BCUT2D eigenvalue weighted by Crippen LogP contribution is 2.75. The van der Waals surface area contributed by atoms with Crippen LogP contribution in [0.4, 0.5) is 5.95 Å². The normalized spacial score (nSPS) is 46.0. The zero-order valence-electron chi connectivity index (χ0n) is 25.1. The molecule has 4 saturated carbocycles. The second kappa shape index (κ2) is 9.18. The molecule has 2 heterocycles. The van der Waals surface area contributed by atoms with Crippen molar-refractivity contribution in [1.82, 2.24) is 9.97 Å². The van der Waals surface area contributed by atoms with Crippen molar-refractivity contribution in [3.05, 3.63) is 30.1 Å². The van der Waals surface area contributed by atoms with Crippen molar-refractivity contribution in [1.29, 1.82) is 5.26 Å². The molecular formula is C33H50ClN5. The van der Waals surface area contributed by atoms with Crippen LogP contribution in [-0.4, -0.2) is 27.6 Å². The molecule has 1 aliphatic heterocycles. The predicted molar refractivity (Wildman–Crippen MR) is 160 cm³/mol. The summed E-state index contributed by atoms with van der Waals surface area (Å²) in [5, 5.41) is 9.22. The minimum absolute atomic E-state index is 0. The zero-order valence-corrected chi connectivity index (χ0v) is 25.9. The summed E-state index contributed by atoms with van der Waals surface area (Å²) in [5.41, 5.74) is 10.1.